The van der Waals surface area contributed by atoms with Crippen LogP contribution in [0.4, 0.5) is 0 Å². The summed E-state index contributed by atoms with van der Waals surface area (Å²) in [6.07, 6.45) is 3.07. The number of aliphatic imine (C=N–C) groups is 1. The highest BCUT2D eigenvalue weighted by atomic mass is 127. The van der Waals surface area contributed by atoms with Crippen LogP contribution in [0.5, 0.6) is 0 Å². The number of thiophene rings is 1. The Kier molecular flexibility index (Phi) is 13.5. The minimum absolute atomic E-state index is 0. The van der Waals surface area contributed by atoms with Crippen LogP contribution in [0.1, 0.15) is 45.4 Å². The zero-order valence-electron chi connectivity index (χ0n) is 17.1. The molecule has 0 saturated carbocycles. The minimum Gasteiger partial charge on any atom is -0.356 e. The molecule has 0 spiro atoms. The third-order valence-corrected chi connectivity index (χ3v) is 8.20. The molecule has 0 fully saturated rings. The molecular weight excluding hydrogens is 495 g/mol. The number of hydrogen-bond acceptors (Lipinski definition) is 4. The van der Waals surface area contributed by atoms with Crippen LogP contribution in [0.2, 0.25) is 0 Å². The van der Waals surface area contributed by atoms with Gasteiger partial charge in [0.1, 0.15) is 4.21 Å². The Bertz CT molecular complexity index is 654. The maximum Gasteiger partial charge on any atom is 0.252 e. The van der Waals surface area contributed by atoms with Crippen LogP contribution in [-0.4, -0.2) is 51.9 Å². The summed E-state index contributed by atoms with van der Waals surface area (Å²) in [5.74, 6) is 1.45. The van der Waals surface area contributed by atoms with E-state index in [0.717, 1.165) is 36.6 Å². The molecule has 2 N–H and O–H groups in total. The normalized spacial score (nSPS) is 12.3. The van der Waals surface area contributed by atoms with Gasteiger partial charge in [0.2, 0.25) is 0 Å². The lowest BCUT2D eigenvalue weighted by atomic mass is 10.0. The van der Waals surface area contributed by atoms with Crippen molar-refractivity contribution in [2.45, 2.75) is 51.2 Å². The van der Waals surface area contributed by atoms with Gasteiger partial charge in [0.25, 0.3) is 10.0 Å². The summed E-state index contributed by atoms with van der Waals surface area (Å²) in [5, 5.41) is 6.66. The van der Waals surface area contributed by atoms with Gasteiger partial charge >= 0.3 is 0 Å². The molecule has 27 heavy (non-hydrogen) atoms. The second-order valence-corrected chi connectivity index (χ2v) is 9.46. The van der Waals surface area contributed by atoms with E-state index in [0.29, 0.717) is 29.8 Å². The molecule has 9 heteroatoms. The van der Waals surface area contributed by atoms with Crippen molar-refractivity contribution in [1.82, 2.24) is 14.9 Å². The van der Waals surface area contributed by atoms with Gasteiger partial charge in [-0.2, -0.15) is 4.31 Å². The highest BCUT2D eigenvalue weighted by Crippen LogP contribution is 2.25. The molecule has 0 aromatic carbocycles. The third-order valence-electron chi connectivity index (χ3n) is 4.54. The monoisotopic (exact) mass is 530 g/mol. The highest BCUT2D eigenvalue weighted by Gasteiger charge is 2.23. The van der Waals surface area contributed by atoms with Gasteiger partial charge in [0.15, 0.2) is 5.96 Å². The second kappa shape index (κ2) is 13.7. The molecule has 1 aromatic rings. The Hall–Kier alpha value is -0.390. The highest BCUT2D eigenvalue weighted by molar-refractivity contribution is 14.0. The smallest absolute Gasteiger partial charge is 0.252 e. The molecule has 0 amide bonds. The van der Waals surface area contributed by atoms with Crippen LogP contribution in [0.25, 0.3) is 0 Å². The molecule has 6 nitrogen and oxygen atoms in total. The first-order valence-electron chi connectivity index (χ1n) is 9.46. The van der Waals surface area contributed by atoms with E-state index >= 15 is 0 Å². The first-order valence-corrected chi connectivity index (χ1v) is 11.7. The van der Waals surface area contributed by atoms with Gasteiger partial charge in [0.05, 0.1) is 0 Å². The van der Waals surface area contributed by atoms with E-state index in [1.807, 2.05) is 19.9 Å². The van der Waals surface area contributed by atoms with Crippen LogP contribution in [0.15, 0.2) is 21.3 Å². The van der Waals surface area contributed by atoms with Crippen LogP contribution in [0.3, 0.4) is 0 Å². The van der Waals surface area contributed by atoms with E-state index in [1.165, 1.54) is 15.6 Å². The number of hydrogen-bond donors (Lipinski definition) is 2. The number of halogens is 1. The summed E-state index contributed by atoms with van der Waals surface area (Å²) in [4.78, 5) is 5.30. The van der Waals surface area contributed by atoms with Crippen molar-refractivity contribution in [2.24, 2.45) is 10.9 Å². The van der Waals surface area contributed by atoms with Crippen LogP contribution >= 0.6 is 35.3 Å². The SMILES string of the molecule is CCC(CC)CNC(=NC)NCCc1ccc(S(=O)(=O)N(CC)CC)s1.I. The summed E-state index contributed by atoms with van der Waals surface area (Å²) in [6.45, 7) is 10.7. The fraction of sp³-hybridized carbons (Fsp3) is 0.722. The van der Waals surface area contributed by atoms with Crippen LogP contribution in [0, 0.1) is 5.92 Å². The van der Waals surface area contributed by atoms with Crippen molar-refractivity contribution in [2.75, 3.05) is 33.2 Å². The molecule has 0 radical (unpaired) electrons. The first kappa shape index (κ1) is 26.6. The van der Waals surface area contributed by atoms with E-state index in [-0.39, 0.29) is 24.0 Å². The van der Waals surface area contributed by atoms with Gasteiger partial charge in [0, 0.05) is 38.1 Å². The van der Waals surface area contributed by atoms with E-state index in [9.17, 15) is 8.42 Å². The molecule has 0 aliphatic heterocycles. The zero-order chi connectivity index (χ0) is 19.6. The van der Waals surface area contributed by atoms with Gasteiger partial charge in [-0.25, -0.2) is 8.42 Å². The maximum atomic E-state index is 12.5. The van der Waals surface area contributed by atoms with Gasteiger partial charge in [-0.3, -0.25) is 4.99 Å². The second-order valence-electron chi connectivity index (χ2n) is 6.12. The van der Waals surface area contributed by atoms with E-state index in [2.05, 4.69) is 29.5 Å². The van der Waals surface area contributed by atoms with Gasteiger partial charge in [-0.05, 0) is 24.5 Å². The summed E-state index contributed by atoms with van der Waals surface area (Å²) in [6, 6.07) is 3.62. The Morgan fingerprint density at radius 1 is 1.15 bits per heavy atom. The standard InChI is InChI=1S/C18H34N4O2S2.HI/c1-6-15(7-2)14-21-18(19-5)20-13-12-16-10-11-17(25-16)26(23,24)22(8-3)9-4;/h10-11,15H,6-9,12-14H2,1-5H3,(H2,19,20,21);1H. The van der Waals surface area contributed by atoms with Crippen molar-refractivity contribution in [3.05, 3.63) is 17.0 Å². The number of nitrogens with one attached hydrogen (secondary N) is 2. The molecule has 0 aliphatic rings. The molecule has 1 rings (SSSR count). The zero-order valence-corrected chi connectivity index (χ0v) is 21.1. The van der Waals surface area contributed by atoms with Crippen molar-refractivity contribution in [3.8, 4) is 0 Å². The minimum atomic E-state index is -3.36. The quantitative estimate of drug-likeness (QED) is 0.261. The number of nitrogens with zero attached hydrogens (tertiary/aromatic N) is 2. The molecule has 0 saturated heterocycles. The Balaban J connectivity index is 0.00000676. The van der Waals surface area contributed by atoms with Gasteiger partial charge < -0.3 is 10.6 Å². The largest absolute Gasteiger partial charge is 0.356 e. The molecule has 158 valence electrons. The van der Waals surface area contributed by atoms with Crippen LogP contribution in [-0.2, 0) is 16.4 Å². The fourth-order valence-electron chi connectivity index (χ4n) is 2.67. The van der Waals surface area contributed by atoms with Gasteiger partial charge in [-0.15, -0.1) is 35.3 Å². The molecular formula is C18H35IN4O2S2. The lowest BCUT2D eigenvalue weighted by Crippen LogP contribution is -2.40. The molecule has 1 heterocycles. The average molecular weight is 531 g/mol. The molecule has 0 atom stereocenters. The molecule has 0 unspecified atom stereocenters. The third kappa shape index (κ3) is 8.25. The van der Waals surface area contributed by atoms with Crippen molar-refractivity contribution < 1.29 is 8.42 Å². The Morgan fingerprint density at radius 3 is 2.30 bits per heavy atom. The Morgan fingerprint density at radius 2 is 1.78 bits per heavy atom. The fourth-order valence-corrected chi connectivity index (χ4v) is 5.63. The predicted molar refractivity (Wildman–Crippen MR) is 127 cm³/mol. The number of rotatable bonds is 11. The lowest BCUT2D eigenvalue weighted by molar-refractivity contribution is 0.447. The summed E-state index contributed by atoms with van der Waals surface area (Å²) in [7, 11) is -1.59. The van der Waals surface area contributed by atoms with E-state index in [1.54, 1.807) is 13.1 Å². The molecule has 0 bridgehead atoms. The maximum absolute atomic E-state index is 12.5. The number of guanidine groups is 1. The van der Waals surface area contributed by atoms with Gasteiger partial charge in [-0.1, -0.05) is 40.5 Å². The summed E-state index contributed by atoms with van der Waals surface area (Å²) >= 11 is 1.35. The number of sulfonamides is 1. The average Bonchev–Trinajstić information content (AvgIpc) is 3.11. The van der Waals surface area contributed by atoms with E-state index < -0.39 is 10.0 Å². The van der Waals surface area contributed by atoms with Crippen molar-refractivity contribution in [3.63, 3.8) is 0 Å². The van der Waals surface area contributed by atoms with Crippen molar-refractivity contribution >= 4 is 51.3 Å². The summed E-state index contributed by atoms with van der Waals surface area (Å²) in [5.41, 5.74) is 0. The predicted octanol–water partition coefficient (Wildman–Crippen LogP) is 3.54. The molecule has 1 aromatic heterocycles. The Labute approximate surface area is 186 Å². The summed E-state index contributed by atoms with van der Waals surface area (Å²) < 4.78 is 27.0. The van der Waals surface area contributed by atoms with Crippen molar-refractivity contribution in [1.29, 1.82) is 0 Å². The topological polar surface area (TPSA) is 73.8 Å². The first-order chi connectivity index (χ1) is 12.4. The lowest BCUT2D eigenvalue weighted by Gasteiger charge is -2.17. The molecule has 0 aliphatic carbocycles. The van der Waals surface area contributed by atoms with Crippen LogP contribution < -0.4 is 10.6 Å². The van der Waals surface area contributed by atoms with E-state index in [4.69, 9.17) is 0 Å².